The Morgan fingerprint density at radius 1 is 1.44 bits per heavy atom. The summed E-state index contributed by atoms with van der Waals surface area (Å²) >= 11 is 0. The van der Waals surface area contributed by atoms with Gasteiger partial charge in [-0.25, -0.2) is 0 Å². The third kappa shape index (κ3) is 3.25. The molecule has 0 spiro atoms. The maximum Gasteiger partial charge on any atom is 0.405 e. The fourth-order valence-corrected chi connectivity index (χ4v) is 1.59. The lowest BCUT2D eigenvalue weighted by Gasteiger charge is -2.24. The second kappa shape index (κ2) is 5.11. The Morgan fingerprint density at radius 3 is 2.50 bits per heavy atom. The Hall–Kier alpha value is -1.99. The number of nitrogen functional groups attached to an aromatic ring is 1. The lowest BCUT2D eigenvalue weighted by molar-refractivity contribution is -0.383. The number of benzene rings is 1. The highest BCUT2D eigenvalue weighted by molar-refractivity contribution is 5.75. The first kappa shape index (κ1) is 14.1. The summed E-state index contributed by atoms with van der Waals surface area (Å²) in [4.78, 5) is 10.9. The van der Waals surface area contributed by atoms with Crippen molar-refractivity contribution in [2.45, 2.75) is 13.1 Å². The Balaban J connectivity index is 3.21. The smallest absolute Gasteiger partial charge is 0.393 e. The van der Waals surface area contributed by atoms with Crippen LogP contribution in [0.15, 0.2) is 18.2 Å². The van der Waals surface area contributed by atoms with Crippen molar-refractivity contribution >= 4 is 17.1 Å². The topological polar surface area (TPSA) is 72.4 Å². The van der Waals surface area contributed by atoms with Crippen LogP contribution in [-0.2, 0) is 0 Å². The molecule has 1 rings (SSSR count). The van der Waals surface area contributed by atoms with Crippen molar-refractivity contribution in [2.24, 2.45) is 0 Å². The Labute approximate surface area is 101 Å². The van der Waals surface area contributed by atoms with E-state index in [1.54, 1.807) is 0 Å². The zero-order valence-corrected chi connectivity index (χ0v) is 9.57. The maximum atomic E-state index is 12.4. The van der Waals surface area contributed by atoms with Crippen LogP contribution in [-0.4, -0.2) is 24.2 Å². The minimum atomic E-state index is -4.44. The Morgan fingerprint density at radius 2 is 2.06 bits per heavy atom. The van der Waals surface area contributed by atoms with Crippen LogP contribution in [0, 0.1) is 10.1 Å². The van der Waals surface area contributed by atoms with Crippen LogP contribution in [0.4, 0.5) is 30.2 Å². The molecule has 0 radical (unpaired) electrons. The van der Waals surface area contributed by atoms with Crippen LogP contribution >= 0.6 is 0 Å². The highest BCUT2D eigenvalue weighted by Gasteiger charge is 2.33. The van der Waals surface area contributed by atoms with E-state index >= 15 is 0 Å². The number of rotatable bonds is 4. The summed E-state index contributed by atoms with van der Waals surface area (Å²) < 4.78 is 37.1. The summed E-state index contributed by atoms with van der Waals surface area (Å²) in [6, 6.07) is 3.92. The van der Waals surface area contributed by atoms with Gasteiger partial charge in [0.15, 0.2) is 0 Å². The van der Waals surface area contributed by atoms with Gasteiger partial charge in [0.1, 0.15) is 17.9 Å². The van der Waals surface area contributed by atoms with Crippen molar-refractivity contribution in [3.05, 3.63) is 28.3 Å². The zero-order valence-electron chi connectivity index (χ0n) is 9.57. The van der Waals surface area contributed by atoms with Gasteiger partial charge in [0.05, 0.1) is 4.92 Å². The van der Waals surface area contributed by atoms with E-state index < -0.39 is 23.3 Å². The number of nitrogens with zero attached hydrogens (tertiary/aromatic N) is 2. The largest absolute Gasteiger partial charge is 0.405 e. The molecule has 1 aromatic carbocycles. The van der Waals surface area contributed by atoms with Gasteiger partial charge in [0.2, 0.25) is 0 Å². The lowest BCUT2D eigenvalue weighted by atomic mass is 10.2. The normalized spacial score (nSPS) is 11.3. The van der Waals surface area contributed by atoms with Crippen LogP contribution < -0.4 is 10.6 Å². The molecule has 0 saturated carbocycles. The summed E-state index contributed by atoms with van der Waals surface area (Å²) in [7, 11) is 0. The lowest BCUT2D eigenvalue weighted by Crippen LogP contribution is -2.34. The van der Waals surface area contributed by atoms with Gasteiger partial charge in [-0.1, -0.05) is 6.07 Å². The van der Waals surface area contributed by atoms with E-state index in [1.807, 2.05) is 0 Å². The minimum Gasteiger partial charge on any atom is -0.393 e. The van der Waals surface area contributed by atoms with Gasteiger partial charge in [-0.2, -0.15) is 13.2 Å². The van der Waals surface area contributed by atoms with Gasteiger partial charge < -0.3 is 10.6 Å². The third-order valence-corrected chi connectivity index (χ3v) is 2.32. The average molecular weight is 263 g/mol. The molecule has 18 heavy (non-hydrogen) atoms. The molecule has 0 aromatic heterocycles. The van der Waals surface area contributed by atoms with Gasteiger partial charge >= 0.3 is 11.9 Å². The molecule has 0 amide bonds. The Kier molecular flexibility index (Phi) is 4.00. The van der Waals surface area contributed by atoms with Gasteiger partial charge in [-0.15, -0.1) is 0 Å². The van der Waals surface area contributed by atoms with Crippen LogP contribution in [0.2, 0.25) is 0 Å². The SMILES string of the molecule is CCN(CC(F)(F)F)c1cccc(N)c1[N+](=O)[O-]. The molecule has 1 aromatic rings. The van der Waals surface area contributed by atoms with E-state index in [1.165, 1.54) is 25.1 Å². The van der Waals surface area contributed by atoms with E-state index in [9.17, 15) is 23.3 Å². The molecule has 0 aliphatic heterocycles. The molecule has 2 N–H and O–H groups in total. The zero-order chi connectivity index (χ0) is 13.9. The second-order valence-corrected chi connectivity index (χ2v) is 3.60. The first-order valence-corrected chi connectivity index (χ1v) is 5.11. The van der Waals surface area contributed by atoms with Crippen LogP contribution in [0.3, 0.4) is 0 Å². The van der Waals surface area contributed by atoms with Crippen molar-refractivity contribution in [1.29, 1.82) is 0 Å². The fraction of sp³-hybridized carbons (Fsp3) is 0.400. The summed E-state index contributed by atoms with van der Waals surface area (Å²) in [5.74, 6) is 0. The summed E-state index contributed by atoms with van der Waals surface area (Å²) in [5, 5.41) is 10.8. The molecule has 0 heterocycles. The molecule has 0 unspecified atom stereocenters. The van der Waals surface area contributed by atoms with Gasteiger partial charge in [0, 0.05) is 6.54 Å². The van der Waals surface area contributed by atoms with E-state index in [0.29, 0.717) is 0 Å². The standard InChI is InChI=1S/C10H12F3N3O2/c1-2-15(6-10(11,12)13)8-5-3-4-7(14)9(8)16(17)18/h3-5H,2,6,14H2,1H3. The fourth-order valence-electron chi connectivity index (χ4n) is 1.59. The first-order valence-electron chi connectivity index (χ1n) is 5.11. The molecular formula is C10H12F3N3O2. The average Bonchev–Trinajstić information content (AvgIpc) is 2.23. The van der Waals surface area contributed by atoms with E-state index in [-0.39, 0.29) is 17.9 Å². The van der Waals surface area contributed by atoms with Crippen molar-refractivity contribution in [3.8, 4) is 0 Å². The summed E-state index contributed by atoms with van der Waals surface area (Å²) in [6.45, 7) is 0.219. The number of nitrogens with two attached hydrogens (primary N) is 1. The number of hydrogen-bond donors (Lipinski definition) is 1. The molecule has 5 nitrogen and oxygen atoms in total. The van der Waals surface area contributed by atoms with Crippen LogP contribution in [0.5, 0.6) is 0 Å². The molecule has 100 valence electrons. The highest BCUT2D eigenvalue weighted by atomic mass is 19.4. The van der Waals surface area contributed by atoms with Crippen molar-refractivity contribution in [1.82, 2.24) is 0 Å². The number of nitro groups is 1. The van der Waals surface area contributed by atoms with E-state index in [2.05, 4.69) is 0 Å². The molecule has 8 heteroatoms. The number of anilines is 2. The van der Waals surface area contributed by atoms with Gasteiger partial charge in [-0.05, 0) is 19.1 Å². The predicted octanol–water partition coefficient (Wildman–Crippen LogP) is 2.57. The molecule has 0 saturated heterocycles. The Bertz CT molecular complexity index is 448. The number of hydrogen-bond acceptors (Lipinski definition) is 4. The van der Waals surface area contributed by atoms with Gasteiger partial charge in [-0.3, -0.25) is 10.1 Å². The van der Waals surface area contributed by atoms with Gasteiger partial charge in [0.25, 0.3) is 0 Å². The summed E-state index contributed by atoms with van der Waals surface area (Å²) in [6.07, 6.45) is -4.44. The quantitative estimate of drug-likeness (QED) is 0.514. The first-order chi connectivity index (χ1) is 8.26. The molecule has 0 aliphatic rings. The third-order valence-electron chi connectivity index (χ3n) is 2.32. The van der Waals surface area contributed by atoms with Crippen molar-refractivity contribution in [2.75, 3.05) is 23.7 Å². The van der Waals surface area contributed by atoms with Crippen LogP contribution in [0.25, 0.3) is 0 Å². The molecule has 0 aliphatic carbocycles. The molecular weight excluding hydrogens is 251 g/mol. The maximum absolute atomic E-state index is 12.4. The predicted molar refractivity (Wildman–Crippen MR) is 61.5 cm³/mol. The summed E-state index contributed by atoms with van der Waals surface area (Å²) in [5.41, 5.74) is 4.65. The molecule has 0 atom stereocenters. The molecule has 0 bridgehead atoms. The van der Waals surface area contributed by atoms with Crippen LogP contribution in [0.1, 0.15) is 6.92 Å². The van der Waals surface area contributed by atoms with Crippen molar-refractivity contribution in [3.63, 3.8) is 0 Å². The van der Waals surface area contributed by atoms with E-state index in [4.69, 9.17) is 5.73 Å². The number of halogens is 3. The highest BCUT2D eigenvalue weighted by Crippen LogP contribution is 2.34. The number of nitro benzene ring substituents is 1. The second-order valence-electron chi connectivity index (χ2n) is 3.60. The molecule has 0 fully saturated rings. The minimum absolute atomic E-state index is 0.0101. The van der Waals surface area contributed by atoms with E-state index in [0.717, 1.165) is 4.90 Å². The van der Waals surface area contributed by atoms with Crippen molar-refractivity contribution < 1.29 is 18.1 Å². The number of para-hydroxylation sites is 1. The monoisotopic (exact) mass is 263 g/mol. The number of alkyl halides is 3.